The van der Waals surface area contributed by atoms with E-state index in [-0.39, 0.29) is 29.4 Å². The van der Waals surface area contributed by atoms with Crippen LogP contribution in [0.5, 0.6) is 0 Å². The Hall–Kier alpha value is -0.570. The van der Waals surface area contributed by atoms with Crippen LogP contribution in [0.3, 0.4) is 0 Å². The van der Waals surface area contributed by atoms with Gasteiger partial charge >= 0.3 is 0 Å². The van der Waals surface area contributed by atoms with Gasteiger partial charge in [-0.1, -0.05) is 13.8 Å². The van der Waals surface area contributed by atoms with Crippen LogP contribution in [0.4, 0.5) is 0 Å². The van der Waals surface area contributed by atoms with Crippen LogP contribution in [-0.2, 0) is 4.79 Å². The number of hydrogen-bond acceptors (Lipinski definition) is 2. The molecule has 0 radical (unpaired) electrons. The summed E-state index contributed by atoms with van der Waals surface area (Å²) in [6, 6.07) is -0.0162. The summed E-state index contributed by atoms with van der Waals surface area (Å²) in [4.78, 5) is 11.5. The molecule has 1 saturated heterocycles. The number of nitrogens with one attached hydrogen (secondary N) is 1. The lowest BCUT2D eigenvalue weighted by Crippen LogP contribution is -2.38. The van der Waals surface area contributed by atoms with Crippen molar-refractivity contribution in [2.75, 3.05) is 6.61 Å². The van der Waals surface area contributed by atoms with E-state index in [9.17, 15) is 4.79 Å². The lowest BCUT2D eigenvalue weighted by molar-refractivity contribution is -0.125. The molecule has 0 spiro atoms. The van der Waals surface area contributed by atoms with Crippen molar-refractivity contribution in [2.24, 2.45) is 16.7 Å². The molecule has 0 aromatic carbocycles. The van der Waals surface area contributed by atoms with Crippen molar-refractivity contribution in [2.45, 2.75) is 26.8 Å². The molecular weight excluding hydrogens is 154 g/mol. The van der Waals surface area contributed by atoms with Crippen molar-refractivity contribution in [3.05, 3.63) is 0 Å². The number of hydrogen-bond donors (Lipinski definition) is 2. The van der Waals surface area contributed by atoms with E-state index in [1.807, 2.05) is 6.92 Å². The quantitative estimate of drug-likeness (QED) is 0.586. The minimum Gasteiger partial charge on any atom is -0.394 e. The third kappa shape index (κ3) is 0.565. The minimum atomic E-state index is -0.222. The van der Waals surface area contributed by atoms with E-state index in [0.29, 0.717) is 5.92 Å². The number of aliphatic hydroxyl groups excluding tert-OH is 1. The van der Waals surface area contributed by atoms with Gasteiger partial charge in [0, 0.05) is 5.92 Å². The Balaban J connectivity index is 2.32. The molecule has 1 aliphatic heterocycles. The van der Waals surface area contributed by atoms with Gasteiger partial charge in [-0.05, 0) is 12.3 Å². The van der Waals surface area contributed by atoms with Gasteiger partial charge in [0.15, 0.2) is 0 Å². The van der Waals surface area contributed by atoms with Crippen molar-refractivity contribution in [3.8, 4) is 0 Å². The molecular formula is C9H15NO2. The molecule has 12 heavy (non-hydrogen) atoms. The van der Waals surface area contributed by atoms with E-state index < -0.39 is 0 Å². The van der Waals surface area contributed by atoms with Crippen molar-refractivity contribution in [1.82, 2.24) is 5.32 Å². The summed E-state index contributed by atoms with van der Waals surface area (Å²) < 4.78 is 0. The van der Waals surface area contributed by atoms with E-state index in [1.165, 1.54) is 0 Å². The SMILES string of the molecule is CC1(C)C2C(CO)NC(=O)C21C. The number of aliphatic hydroxyl groups is 1. The van der Waals surface area contributed by atoms with Gasteiger partial charge in [-0.15, -0.1) is 0 Å². The van der Waals surface area contributed by atoms with Crippen molar-refractivity contribution in [3.63, 3.8) is 0 Å². The third-order valence-corrected chi connectivity index (χ3v) is 4.04. The Labute approximate surface area is 72.2 Å². The highest BCUT2D eigenvalue weighted by molar-refractivity contribution is 5.91. The van der Waals surface area contributed by atoms with E-state index in [1.54, 1.807) is 0 Å². The number of carbonyl (C=O) groups excluding carboxylic acids is 1. The van der Waals surface area contributed by atoms with Gasteiger partial charge in [0.2, 0.25) is 5.91 Å². The van der Waals surface area contributed by atoms with Crippen LogP contribution in [0.25, 0.3) is 0 Å². The molecule has 0 aromatic heterocycles. The maximum Gasteiger partial charge on any atom is 0.227 e. The first kappa shape index (κ1) is 8.05. The molecule has 1 saturated carbocycles. The van der Waals surface area contributed by atoms with Crippen LogP contribution in [0.2, 0.25) is 0 Å². The monoisotopic (exact) mass is 169 g/mol. The second-order valence-electron chi connectivity index (χ2n) is 4.66. The fraction of sp³-hybridized carbons (Fsp3) is 0.889. The van der Waals surface area contributed by atoms with Gasteiger partial charge in [0.05, 0.1) is 18.1 Å². The van der Waals surface area contributed by atoms with E-state index in [2.05, 4.69) is 19.2 Å². The molecule has 3 nitrogen and oxygen atoms in total. The molecule has 2 fully saturated rings. The zero-order valence-electron chi connectivity index (χ0n) is 7.72. The molecule has 3 heteroatoms. The highest BCUT2D eigenvalue weighted by Gasteiger charge is 2.78. The molecule has 3 atom stereocenters. The normalized spacial score (nSPS) is 48.5. The molecule has 2 N–H and O–H groups in total. The predicted molar refractivity (Wildman–Crippen MR) is 44.4 cm³/mol. The van der Waals surface area contributed by atoms with Crippen LogP contribution in [0.15, 0.2) is 0 Å². The topological polar surface area (TPSA) is 49.3 Å². The van der Waals surface area contributed by atoms with E-state index in [0.717, 1.165) is 0 Å². The van der Waals surface area contributed by atoms with Crippen LogP contribution < -0.4 is 5.32 Å². The van der Waals surface area contributed by atoms with Crippen LogP contribution in [0.1, 0.15) is 20.8 Å². The van der Waals surface area contributed by atoms with Crippen molar-refractivity contribution >= 4 is 5.91 Å². The Bertz CT molecular complexity index is 249. The maximum atomic E-state index is 11.5. The lowest BCUT2D eigenvalue weighted by Gasteiger charge is -2.17. The highest BCUT2D eigenvalue weighted by Crippen LogP contribution is 2.72. The summed E-state index contributed by atoms with van der Waals surface area (Å²) in [5.74, 6) is 0.430. The van der Waals surface area contributed by atoms with Gasteiger partial charge in [0.1, 0.15) is 0 Å². The summed E-state index contributed by atoms with van der Waals surface area (Å²) in [6.07, 6.45) is 0. The first-order valence-electron chi connectivity index (χ1n) is 4.38. The molecule has 3 unspecified atom stereocenters. The number of fused-ring (bicyclic) bond motifs is 1. The molecule has 2 rings (SSSR count). The Morgan fingerprint density at radius 2 is 2.08 bits per heavy atom. The number of amides is 1. The highest BCUT2D eigenvalue weighted by atomic mass is 16.3. The van der Waals surface area contributed by atoms with E-state index in [4.69, 9.17) is 5.11 Å². The summed E-state index contributed by atoms with van der Waals surface area (Å²) >= 11 is 0. The number of piperidine rings is 1. The molecule has 68 valence electrons. The van der Waals surface area contributed by atoms with Crippen LogP contribution in [0, 0.1) is 16.7 Å². The maximum absolute atomic E-state index is 11.5. The summed E-state index contributed by atoms with van der Waals surface area (Å²) in [5.41, 5.74) is -0.150. The number of carbonyl (C=O) groups is 1. The molecule has 0 aromatic rings. The van der Waals surface area contributed by atoms with Crippen LogP contribution in [-0.4, -0.2) is 23.7 Å². The van der Waals surface area contributed by atoms with Crippen LogP contribution >= 0.6 is 0 Å². The van der Waals surface area contributed by atoms with Gasteiger partial charge in [0.25, 0.3) is 0 Å². The largest absolute Gasteiger partial charge is 0.394 e. The van der Waals surface area contributed by atoms with E-state index >= 15 is 0 Å². The second-order valence-corrected chi connectivity index (χ2v) is 4.66. The zero-order chi connectivity index (χ0) is 9.15. The molecule has 0 bridgehead atoms. The predicted octanol–water partition coefficient (Wildman–Crippen LogP) is 0.139. The smallest absolute Gasteiger partial charge is 0.227 e. The summed E-state index contributed by atoms with van der Waals surface area (Å²) in [5, 5.41) is 11.8. The fourth-order valence-electron chi connectivity index (χ4n) is 2.92. The standard InChI is InChI=1S/C9H15NO2/c1-8(2)6-5(4-11)10-7(12)9(6,8)3/h5-6,11H,4H2,1-3H3,(H,10,12). The van der Waals surface area contributed by atoms with Gasteiger partial charge in [-0.25, -0.2) is 0 Å². The molecule has 1 amide bonds. The fourth-order valence-corrected chi connectivity index (χ4v) is 2.92. The summed E-state index contributed by atoms with van der Waals surface area (Å²) in [6.45, 7) is 6.25. The molecule has 1 aliphatic carbocycles. The lowest BCUT2D eigenvalue weighted by atomic mass is 9.97. The Kier molecular flexibility index (Phi) is 1.24. The first-order chi connectivity index (χ1) is 5.46. The average molecular weight is 169 g/mol. The first-order valence-corrected chi connectivity index (χ1v) is 4.38. The minimum absolute atomic E-state index is 0.0162. The zero-order valence-corrected chi connectivity index (χ0v) is 7.72. The van der Waals surface area contributed by atoms with Gasteiger partial charge < -0.3 is 10.4 Å². The Morgan fingerprint density at radius 3 is 2.33 bits per heavy atom. The van der Waals surface area contributed by atoms with Gasteiger partial charge in [-0.2, -0.15) is 0 Å². The molecule has 2 aliphatic rings. The average Bonchev–Trinajstić information content (AvgIpc) is 2.34. The summed E-state index contributed by atoms with van der Waals surface area (Å²) in [7, 11) is 0. The van der Waals surface area contributed by atoms with Crippen molar-refractivity contribution in [1.29, 1.82) is 0 Å². The second kappa shape index (κ2) is 1.84. The van der Waals surface area contributed by atoms with Crippen molar-refractivity contribution < 1.29 is 9.90 Å². The van der Waals surface area contributed by atoms with Gasteiger partial charge in [-0.3, -0.25) is 4.79 Å². The molecule has 1 heterocycles. The third-order valence-electron chi connectivity index (χ3n) is 4.04. The Morgan fingerprint density at radius 1 is 1.50 bits per heavy atom. The number of rotatable bonds is 1.